The second kappa shape index (κ2) is 7.24. The van der Waals surface area contributed by atoms with Gasteiger partial charge in [0.05, 0.1) is 6.54 Å². The van der Waals surface area contributed by atoms with Crippen LogP contribution < -0.4 is 16.0 Å². The van der Waals surface area contributed by atoms with E-state index in [9.17, 15) is 9.59 Å². The van der Waals surface area contributed by atoms with Crippen molar-refractivity contribution in [2.75, 3.05) is 32.7 Å². The molecule has 98 valence electrons. The van der Waals surface area contributed by atoms with Gasteiger partial charge in [0.25, 0.3) is 0 Å². The van der Waals surface area contributed by atoms with Crippen LogP contribution in [0.2, 0.25) is 0 Å². The van der Waals surface area contributed by atoms with Crippen LogP contribution >= 0.6 is 0 Å². The third-order valence-electron chi connectivity index (χ3n) is 2.47. The van der Waals surface area contributed by atoms with E-state index in [0.29, 0.717) is 0 Å². The molecule has 3 N–H and O–H groups in total. The second-order valence-corrected chi connectivity index (χ2v) is 4.56. The highest BCUT2D eigenvalue weighted by molar-refractivity contribution is 5.95. The highest BCUT2D eigenvalue weighted by Gasteiger charge is 2.14. The fourth-order valence-electron chi connectivity index (χ4n) is 1.73. The molecule has 6 nitrogen and oxygen atoms in total. The number of carbonyl (C=O) groups excluding carboxylic acids is 2. The number of nitrogens with one attached hydrogen (secondary N) is 3. The van der Waals surface area contributed by atoms with E-state index in [1.165, 1.54) is 0 Å². The summed E-state index contributed by atoms with van der Waals surface area (Å²) in [6.45, 7) is 7.62. The van der Waals surface area contributed by atoms with Crippen molar-refractivity contribution < 1.29 is 9.59 Å². The lowest BCUT2D eigenvalue weighted by Crippen LogP contribution is -2.46. The SMILES string of the molecule is CC(C)NC(=O)NC(=O)CN1CCCNCC1. The van der Waals surface area contributed by atoms with Gasteiger partial charge in [0.2, 0.25) is 5.91 Å². The van der Waals surface area contributed by atoms with Gasteiger partial charge in [0, 0.05) is 19.1 Å². The molecule has 1 aliphatic rings. The topological polar surface area (TPSA) is 73.5 Å². The molecular formula is C11H22N4O2. The Kier molecular flexibility index (Phi) is 5.93. The van der Waals surface area contributed by atoms with Crippen LogP contribution in [0.4, 0.5) is 4.79 Å². The van der Waals surface area contributed by atoms with Crippen LogP contribution in [0.15, 0.2) is 0 Å². The van der Waals surface area contributed by atoms with E-state index in [4.69, 9.17) is 0 Å². The average Bonchev–Trinajstić information content (AvgIpc) is 2.44. The van der Waals surface area contributed by atoms with E-state index in [1.807, 2.05) is 13.8 Å². The molecule has 0 aliphatic carbocycles. The average molecular weight is 242 g/mol. The van der Waals surface area contributed by atoms with Gasteiger partial charge in [-0.05, 0) is 33.4 Å². The zero-order chi connectivity index (χ0) is 12.7. The number of hydrogen-bond acceptors (Lipinski definition) is 4. The Morgan fingerprint density at radius 3 is 2.76 bits per heavy atom. The molecule has 0 atom stereocenters. The zero-order valence-electron chi connectivity index (χ0n) is 10.6. The number of carbonyl (C=O) groups is 2. The third kappa shape index (κ3) is 6.23. The summed E-state index contributed by atoms with van der Waals surface area (Å²) < 4.78 is 0. The summed E-state index contributed by atoms with van der Waals surface area (Å²) in [5.41, 5.74) is 0. The summed E-state index contributed by atoms with van der Waals surface area (Å²) >= 11 is 0. The molecule has 6 heteroatoms. The van der Waals surface area contributed by atoms with Crippen molar-refractivity contribution in [2.45, 2.75) is 26.3 Å². The minimum Gasteiger partial charge on any atom is -0.336 e. The van der Waals surface area contributed by atoms with Crippen LogP contribution in [-0.2, 0) is 4.79 Å². The van der Waals surface area contributed by atoms with Crippen molar-refractivity contribution in [3.63, 3.8) is 0 Å². The first-order chi connectivity index (χ1) is 8.08. The second-order valence-electron chi connectivity index (χ2n) is 4.56. The number of rotatable bonds is 3. The monoisotopic (exact) mass is 242 g/mol. The first-order valence-electron chi connectivity index (χ1n) is 6.11. The lowest BCUT2D eigenvalue weighted by Gasteiger charge is -2.18. The normalized spacial score (nSPS) is 17.6. The van der Waals surface area contributed by atoms with Gasteiger partial charge < -0.3 is 10.6 Å². The molecule has 0 spiro atoms. The number of imide groups is 1. The van der Waals surface area contributed by atoms with E-state index >= 15 is 0 Å². The molecule has 17 heavy (non-hydrogen) atoms. The first kappa shape index (κ1) is 13.9. The molecule has 0 bridgehead atoms. The summed E-state index contributed by atoms with van der Waals surface area (Å²) in [6.07, 6.45) is 1.03. The Bertz CT molecular complexity index is 260. The lowest BCUT2D eigenvalue weighted by molar-refractivity contribution is -0.121. The number of amides is 3. The molecule has 3 amide bonds. The van der Waals surface area contributed by atoms with E-state index in [-0.39, 0.29) is 18.5 Å². The zero-order valence-corrected chi connectivity index (χ0v) is 10.6. The van der Waals surface area contributed by atoms with Crippen LogP contribution in [0.5, 0.6) is 0 Å². The van der Waals surface area contributed by atoms with Gasteiger partial charge in [-0.2, -0.15) is 0 Å². The van der Waals surface area contributed by atoms with E-state index in [1.54, 1.807) is 0 Å². The Balaban J connectivity index is 2.25. The molecule has 0 aromatic rings. The maximum absolute atomic E-state index is 11.6. The summed E-state index contributed by atoms with van der Waals surface area (Å²) in [5, 5.41) is 8.21. The van der Waals surface area contributed by atoms with Crippen LogP contribution in [0.25, 0.3) is 0 Å². The molecule has 0 saturated carbocycles. The van der Waals surface area contributed by atoms with Crippen LogP contribution in [0, 0.1) is 0 Å². The Labute approximate surface area is 102 Å². The van der Waals surface area contributed by atoms with Gasteiger partial charge in [-0.1, -0.05) is 0 Å². The van der Waals surface area contributed by atoms with Crippen molar-refractivity contribution in [3.8, 4) is 0 Å². The van der Waals surface area contributed by atoms with Crippen molar-refractivity contribution in [3.05, 3.63) is 0 Å². The lowest BCUT2D eigenvalue weighted by atomic mass is 10.4. The highest BCUT2D eigenvalue weighted by Crippen LogP contribution is 1.94. The van der Waals surface area contributed by atoms with Crippen LogP contribution in [0.1, 0.15) is 20.3 Å². The summed E-state index contributed by atoms with van der Waals surface area (Å²) in [6, 6.07) is -0.386. The molecule has 0 radical (unpaired) electrons. The first-order valence-corrected chi connectivity index (χ1v) is 6.11. The Morgan fingerprint density at radius 1 is 1.29 bits per heavy atom. The molecule has 0 aromatic heterocycles. The predicted octanol–water partition coefficient (Wildman–Crippen LogP) is -0.484. The van der Waals surface area contributed by atoms with E-state index in [2.05, 4.69) is 20.9 Å². The molecule has 1 saturated heterocycles. The van der Waals surface area contributed by atoms with Gasteiger partial charge in [-0.25, -0.2) is 4.79 Å². The Hall–Kier alpha value is -1.14. The van der Waals surface area contributed by atoms with Crippen LogP contribution in [0.3, 0.4) is 0 Å². The maximum atomic E-state index is 11.6. The van der Waals surface area contributed by atoms with Gasteiger partial charge in [-0.15, -0.1) is 0 Å². The summed E-state index contributed by atoms with van der Waals surface area (Å²) in [4.78, 5) is 24.9. The smallest absolute Gasteiger partial charge is 0.321 e. The molecular weight excluding hydrogens is 220 g/mol. The van der Waals surface area contributed by atoms with E-state index in [0.717, 1.165) is 32.6 Å². The number of urea groups is 1. The predicted molar refractivity (Wildman–Crippen MR) is 65.7 cm³/mol. The van der Waals surface area contributed by atoms with E-state index < -0.39 is 6.03 Å². The van der Waals surface area contributed by atoms with Crippen molar-refractivity contribution in [1.82, 2.24) is 20.9 Å². The maximum Gasteiger partial charge on any atom is 0.321 e. The largest absolute Gasteiger partial charge is 0.336 e. The molecule has 1 aliphatic heterocycles. The molecule has 0 unspecified atom stereocenters. The molecule has 0 aromatic carbocycles. The highest BCUT2D eigenvalue weighted by atomic mass is 16.2. The Morgan fingerprint density at radius 2 is 2.06 bits per heavy atom. The fraction of sp³-hybridized carbons (Fsp3) is 0.818. The fourth-order valence-corrected chi connectivity index (χ4v) is 1.73. The quantitative estimate of drug-likeness (QED) is 0.625. The number of nitrogens with zero attached hydrogens (tertiary/aromatic N) is 1. The minimum atomic E-state index is -0.419. The molecule has 1 fully saturated rings. The van der Waals surface area contributed by atoms with Crippen molar-refractivity contribution in [2.24, 2.45) is 0 Å². The molecule has 1 rings (SSSR count). The van der Waals surface area contributed by atoms with Gasteiger partial charge in [0.1, 0.15) is 0 Å². The van der Waals surface area contributed by atoms with Gasteiger partial charge in [0.15, 0.2) is 0 Å². The molecule has 1 heterocycles. The summed E-state index contributed by atoms with van der Waals surface area (Å²) in [5.74, 6) is -0.245. The third-order valence-corrected chi connectivity index (χ3v) is 2.47. The van der Waals surface area contributed by atoms with Crippen molar-refractivity contribution in [1.29, 1.82) is 0 Å². The summed E-state index contributed by atoms with van der Waals surface area (Å²) in [7, 11) is 0. The van der Waals surface area contributed by atoms with Crippen molar-refractivity contribution >= 4 is 11.9 Å². The minimum absolute atomic E-state index is 0.0326. The number of hydrogen-bond donors (Lipinski definition) is 3. The standard InChI is InChI=1S/C11H22N4O2/c1-9(2)13-11(17)14-10(16)8-15-6-3-4-12-5-7-15/h9,12H,3-8H2,1-2H3,(H2,13,14,16,17). The van der Waals surface area contributed by atoms with Gasteiger partial charge >= 0.3 is 6.03 Å². The van der Waals surface area contributed by atoms with Gasteiger partial charge in [-0.3, -0.25) is 15.0 Å². The van der Waals surface area contributed by atoms with Crippen LogP contribution in [-0.4, -0.2) is 55.6 Å².